The average Bonchev–Trinajstić information content (AvgIpc) is 3.41. The lowest BCUT2D eigenvalue weighted by molar-refractivity contribution is -0.134. The quantitative estimate of drug-likeness (QED) is 0.335. The van der Waals surface area contributed by atoms with Gasteiger partial charge in [0.05, 0.1) is 17.9 Å². The molecule has 1 saturated heterocycles. The van der Waals surface area contributed by atoms with E-state index in [0.717, 1.165) is 22.5 Å². The molecule has 1 fully saturated rings. The molecule has 1 aliphatic rings. The van der Waals surface area contributed by atoms with E-state index in [2.05, 4.69) is 25.3 Å². The van der Waals surface area contributed by atoms with Crippen LogP contribution in [-0.2, 0) is 4.79 Å². The summed E-state index contributed by atoms with van der Waals surface area (Å²) in [7, 11) is 1.75. The van der Waals surface area contributed by atoms with Gasteiger partial charge in [0.1, 0.15) is 5.75 Å². The summed E-state index contributed by atoms with van der Waals surface area (Å²) in [4.78, 5) is 38.2. The van der Waals surface area contributed by atoms with Crippen LogP contribution in [0.15, 0.2) is 61.1 Å². The van der Waals surface area contributed by atoms with Crippen molar-refractivity contribution in [2.24, 2.45) is 0 Å². The van der Waals surface area contributed by atoms with Gasteiger partial charge >= 0.3 is 6.61 Å². The number of hydrogen-bond donors (Lipinski definition) is 2. The Kier molecular flexibility index (Phi) is 8.11. The molecule has 0 aliphatic carbocycles. The van der Waals surface area contributed by atoms with Gasteiger partial charge in [-0.25, -0.2) is 9.97 Å². The van der Waals surface area contributed by atoms with Crippen molar-refractivity contribution < 1.29 is 23.1 Å². The van der Waals surface area contributed by atoms with E-state index in [1.807, 2.05) is 30.4 Å². The van der Waals surface area contributed by atoms with Crippen LogP contribution in [0.1, 0.15) is 22.8 Å². The molecule has 214 valence electrons. The molecule has 10 nitrogen and oxygen atoms in total. The summed E-state index contributed by atoms with van der Waals surface area (Å²) >= 11 is 0. The van der Waals surface area contributed by atoms with E-state index in [4.69, 9.17) is 0 Å². The molecule has 2 aromatic carbocycles. The monoisotopic (exact) mass is 563 g/mol. The first-order valence-electron chi connectivity index (χ1n) is 13.3. The van der Waals surface area contributed by atoms with Crippen molar-refractivity contribution in [1.29, 1.82) is 0 Å². The van der Waals surface area contributed by atoms with Crippen LogP contribution in [0, 0.1) is 6.92 Å². The molecule has 0 bridgehead atoms. The van der Waals surface area contributed by atoms with E-state index in [0.29, 0.717) is 43.2 Å². The number of fused-ring (bicyclic) bond motifs is 1. The Balaban J connectivity index is 1.28. The molecular formula is C29H31F2N7O3. The predicted molar refractivity (Wildman–Crippen MR) is 151 cm³/mol. The second-order valence-electron chi connectivity index (χ2n) is 9.80. The van der Waals surface area contributed by atoms with Gasteiger partial charge in [-0.15, -0.1) is 0 Å². The molecule has 0 radical (unpaired) electrons. The van der Waals surface area contributed by atoms with Gasteiger partial charge in [0.2, 0.25) is 5.91 Å². The third-order valence-electron chi connectivity index (χ3n) is 7.20. The third kappa shape index (κ3) is 5.97. The van der Waals surface area contributed by atoms with Crippen LogP contribution in [-0.4, -0.2) is 81.9 Å². The maximum absolute atomic E-state index is 13.3. The highest BCUT2D eigenvalue weighted by Gasteiger charge is 2.27. The zero-order chi connectivity index (χ0) is 29.1. The zero-order valence-corrected chi connectivity index (χ0v) is 23.0. The van der Waals surface area contributed by atoms with Crippen LogP contribution in [0.25, 0.3) is 16.9 Å². The van der Waals surface area contributed by atoms with E-state index in [-0.39, 0.29) is 23.6 Å². The number of aryl methyl sites for hydroxylation is 1. The molecule has 5 rings (SSSR count). The van der Waals surface area contributed by atoms with Crippen LogP contribution in [0.4, 0.5) is 20.3 Å². The van der Waals surface area contributed by atoms with E-state index in [1.165, 1.54) is 12.1 Å². The first kappa shape index (κ1) is 28.0. The third-order valence-corrected chi connectivity index (χ3v) is 7.20. The van der Waals surface area contributed by atoms with Gasteiger partial charge in [0.25, 0.3) is 5.91 Å². The second-order valence-corrected chi connectivity index (χ2v) is 9.80. The van der Waals surface area contributed by atoms with Gasteiger partial charge in [-0.3, -0.25) is 14.0 Å². The number of anilines is 2. The molecule has 1 atom stereocenters. The number of benzene rings is 2. The molecule has 0 unspecified atom stereocenters. The number of likely N-dealkylation sites (N-methyl/N-ethyl adjacent to an activating group) is 1. The number of piperazine rings is 1. The second kappa shape index (κ2) is 11.9. The molecule has 4 aromatic rings. The van der Waals surface area contributed by atoms with Gasteiger partial charge in [-0.05, 0) is 68.9 Å². The maximum atomic E-state index is 13.3. The largest absolute Gasteiger partial charge is 0.435 e. The summed E-state index contributed by atoms with van der Waals surface area (Å²) in [6.07, 6.45) is 5.10. The highest BCUT2D eigenvalue weighted by Crippen LogP contribution is 2.28. The van der Waals surface area contributed by atoms with Crippen LogP contribution in [0.3, 0.4) is 0 Å². The SMILES string of the molecule is CN[C@@H](C)C(=O)N1CCN(C(=O)c2ccc(Nc3nccn4c(-c5ccc(OC(F)F)cc5)cnc34)cc2C)CC1. The molecule has 2 amide bonds. The molecule has 0 saturated carbocycles. The number of carbonyl (C=O) groups is 2. The molecule has 12 heteroatoms. The van der Waals surface area contributed by atoms with Gasteiger partial charge in [-0.2, -0.15) is 8.78 Å². The number of aromatic nitrogens is 3. The minimum absolute atomic E-state index is 0.0387. The molecular weight excluding hydrogens is 532 g/mol. The fraction of sp³-hybridized carbons (Fsp3) is 0.310. The molecule has 0 spiro atoms. The van der Waals surface area contributed by atoms with E-state index in [1.54, 1.807) is 53.6 Å². The Labute approximate surface area is 235 Å². The summed E-state index contributed by atoms with van der Waals surface area (Å²) in [5, 5.41) is 6.26. The van der Waals surface area contributed by atoms with E-state index < -0.39 is 6.61 Å². The lowest BCUT2D eigenvalue weighted by Gasteiger charge is -2.36. The smallest absolute Gasteiger partial charge is 0.387 e. The van der Waals surface area contributed by atoms with Crippen LogP contribution < -0.4 is 15.4 Å². The van der Waals surface area contributed by atoms with E-state index >= 15 is 0 Å². The van der Waals surface area contributed by atoms with Crippen molar-refractivity contribution in [1.82, 2.24) is 29.5 Å². The number of halogens is 2. The Bertz CT molecular complexity index is 1550. The number of amides is 2. The van der Waals surface area contributed by atoms with Crippen LogP contribution >= 0.6 is 0 Å². The first-order chi connectivity index (χ1) is 19.7. The number of nitrogens with one attached hydrogen (secondary N) is 2. The minimum Gasteiger partial charge on any atom is -0.435 e. The number of hydrogen-bond acceptors (Lipinski definition) is 7. The Morgan fingerprint density at radius 2 is 1.71 bits per heavy atom. The summed E-state index contributed by atoms with van der Waals surface area (Å²) < 4.78 is 31.3. The van der Waals surface area contributed by atoms with Crippen molar-refractivity contribution in [3.63, 3.8) is 0 Å². The molecule has 1 aliphatic heterocycles. The van der Waals surface area contributed by atoms with Gasteiger partial charge < -0.3 is 25.2 Å². The Morgan fingerprint density at radius 1 is 1.00 bits per heavy atom. The van der Waals surface area contributed by atoms with Crippen LogP contribution in [0.5, 0.6) is 5.75 Å². The lowest BCUT2D eigenvalue weighted by atomic mass is 10.1. The summed E-state index contributed by atoms with van der Waals surface area (Å²) in [6, 6.07) is 11.6. The molecule has 2 N–H and O–H groups in total. The fourth-order valence-corrected chi connectivity index (χ4v) is 4.84. The normalized spacial score (nSPS) is 14.4. The van der Waals surface area contributed by atoms with Crippen molar-refractivity contribution in [3.8, 4) is 17.0 Å². The van der Waals surface area contributed by atoms with Crippen molar-refractivity contribution in [2.45, 2.75) is 26.5 Å². The minimum atomic E-state index is -2.88. The topological polar surface area (TPSA) is 104 Å². The van der Waals surface area contributed by atoms with Gasteiger partial charge in [-0.1, -0.05) is 0 Å². The number of imidazole rings is 1. The first-order valence-corrected chi connectivity index (χ1v) is 13.3. The number of alkyl halides is 2. The summed E-state index contributed by atoms with van der Waals surface area (Å²) in [6.45, 7) is 2.81. The fourth-order valence-electron chi connectivity index (χ4n) is 4.84. The number of ether oxygens (including phenoxy) is 1. The summed E-state index contributed by atoms with van der Waals surface area (Å²) in [5.41, 5.74) is 4.27. The van der Waals surface area contributed by atoms with Crippen molar-refractivity contribution in [2.75, 3.05) is 38.5 Å². The summed E-state index contributed by atoms with van der Waals surface area (Å²) in [5.74, 6) is 0.574. The standard InChI is InChI=1S/C29H31F2N7O3/c1-18-16-21(6-9-23(18)28(40)37-14-12-36(13-15-37)27(39)19(2)32-3)35-25-26-34-17-24(38(26)11-10-33-25)20-4-7-22(8-5-20)41-29(30)31/h4-11,16-17,19,29,32H,12-15H2,1-3H3,(H,33,35)/t19-/m0/s1. The Morgan fingerprint density at radius 3 is 2.37 bits per heavy atom. The maximum Gasteiger partial charge on any atom is 0.387 e. The zero-order valence-electron chi connectivity index (χ0n) is 23.0. The number of carbonyl (C=O) groups excluding carboxylic acids is 2. The van der Waals surface area contributed by atoms with Gasteiger partial charge in [0, 0.05) is 55.4 Å². The molecule has 2 aromatic heterocycles. The van der Waals surface area contributed by atoms with E-state index in [9.17, 15) is 18.4 Å². The van der Waals surface area contributed by atoms with Crippen LogP contribution in [0.2, 0.25) is 0 Å². The van der Waals surface area contributed by atoms with Crippen molar-refractivity contribution >= 4 is 29.0 Å². The molecule has 41 heavy (non-hydrogen) atoms. The van der Waals surface area contributed by atoms with Gasteiger partial charge in [0.15, 0.2) is 11.5 Å². The lowest BCUT2D eigenvalue weighted by Crippen LogP contribution is -2.54. The number of nitrogens with zero attached hydrogens (tertiary/aromatic N) is 5. The number of rotatable bonds is 8. The Hall–Kier alpha value is -4.58. The highest BCUT2D eigenvalue weighted by molar-refractivity contribution is 5.96. The molecule has 3 heterocycles. The predicted octanol–water partition coefficient (Wildman–Crippen LogP) is 3.94. The average molecular weight is 564 g/mol. The van der Waals surface area contributed by atoms with Crippen molar-refractivity contribution in [3.05, 3.63) is 72.2 Å². The highest BCUT2D eigenvalue weighted by atomic mass is 19.3.